The van der Waals surface area contributed by atoms with Crippen molar-refractivity contribution in [2.24, 2.45) is 0 Å². The van der Waals surface area contributed by atoms with Crippen LogP contribution in [0.25, 0.3) is 65.3 Å². The van der Waals surface area contributed by atoms with Crippen molar-refractivity contribution < 1.29 is 57.6 Å². The minimum atomic E-state index is 0.0881. The average Bonchev–Trinajstić information content (AvgIpc) is 3.43. The molecular formula is C66H80O12. The maximum absolute atomic E-state index is 11.8. The molecule has 0 aromatic heterocycles. The Morgan fingerprint density at radius 2 is 0.462 bits per heavy atom. The molecule has 0 heterocycles. The highest BCUT2D eigenvalue weighted by Gasteiger charge is 2.30. The maximum Gasteiger partial charge on any atom is 0.164 e. The summed E-state index contributed by atoms with van der Waals surface area (Å²) in [6.45, 7) is 25.1. The van der Waals surface area contributed by atoms with Gasteiger partial charge in [-0.2, -0.15) is 0 Å². The third kappa shape index (κ3) is 9.55. The van der Waals surface area contributed by atoms with E-state index in [9.17, 15) is 10.2 Å². The molecule has 12 nitrogen and oxygen atoms in total. The number of hydrogen-bond acceptors (Lipinski definition) is 12. The van der Waals surface area contributed by atoms with E-state index in [1.165, 1.54) is 0 Å². The molecule has 0 aliphatic rings. The van der Waals surface area contributed by atoms with Gasteiger partial charge in [0.1, 0.15) is 23.0 Å². The van der Waals surface area contributed by atoms with Crippen LogP contribution >= 0.6 is 0 Å². The van der Waals surface area contributed by atoms with E-state index < -0.39 is 0 Å². The van der Waals surface area contributed by atoms with Crippen molar-refractivity contribution in [3.8, 4) is 91.2 Å². The molecule has 8 aromatic carbocycles. The lowest BCUT2D eigenvalue weighted by Crippen LogP contribution is -2.04. The van der Waals surface area contributed by atoms with Crippen LogP contribution in [0.15, 0.2) is 48.5 Å². The number of fused-ring (bicyclic) bond motifs is 4. The summed E-state index contributed by atoms with van der Waals surface area (Å²) >= 11 is 0. The highest BCUT2D eigenvalue weighted by atomic mass is 16.5. The Morgan fingerprint density at radius 3 is 0.667 bits per heavy atom. The van der Waals surface area contributed by atoms with E-state index in [4.69, 9.17) is 47.4 Å². The van der Waals surface area contributed by atoms with E-state index >= 15 is 0 Å². The summed E-state index contributed by atoms with van der Waals surface area (Å²) in [5, 5.41) is 30.7. The van der Waals surface area contributed by atoms with Gasteiger partial charge in [-0.3, -0.25) is 0 Å². The average molecular weight is 1070 g/mol. The van der Waals surface area contributed by atoms with Crippen LogP contribution in [0.2, 0.25) is 0 Å². The van der Waals surface area contributed by atoms with Crippen LogP contribution < -0.4 is 47.4 Å². The summed E-state index contributed by atoms with van der Waals surface area (Å²) in [7, 11) is 16.6. The number of aromatic hydroxyl groups is 2. The molecule has 8 aromatic rings. The number of phenols is 2. The van der Waals surface area contributed by atoms with Gasteiger partial charge >= 0.3 is 0 Å². The van der Waals surface area contributed by atoms with E-state index in [-0.39, 0.29) is 35.2 Å². The first kappa shape index (κ1) is 58.1. The molecule has 0 bridgehead atoms. The predicted octanol–water partition coefficient (Wildman–Crippen LogP) is 16.5. The molecule has 2 N–H and O–H groups in total. The zero-order chi connectivity index (χ0) is 57.5. The lowest BCUT2D eigenvalue weighted by atomic mass is 9.85. The Balaban J connectivity index is 0.000000226. The lowest BCUT2D eigenvalue weighted by molar-refractivity contribution is 0.351. The van der Waals surface area contributed by atoms with Crippen molar-refractivity contribution in [1.82, 2.24) is 0 Å². The molecule has 0 saturated heterocycles. The van der Waals surface area contributed by atoms with Crippen molar-refractivity contribution in [2.45, 2.75) is 107 Å². The van der Waals surface area contributed by atoms with Gasteiger partial charge in [-0.1, -0.05) is 79.7 Å². The summed E-state index contributed by atoms with van der Waals surface area (Å²) in [6, 6.07) is 16.2. The van der Waals surface area contributed by atoms with Crippen LogP contribution in [-0.2, 0) is 0 Å². The van der Waals surface area contributed by atoms with Gasteiger partial charge in [-0.25, -0.2) is 0 Å². The van der Waals surface area contributed by atoms with Crippen molar-refractivity contribution in [2.75, 3.05) is 71.1 Å². The van der Waals surface area contributed by atoms with Crippen LogP contribution in [0.3, 0.4) is 0 Å². The van der Waals surface area contributed by atoms with Gasteiger partial charge in [0.05, 0.1) is 71.1 Å². The molecule has 12 heteroatoms. The highest BCUT2D eigenvalue weighted by molar-refractivity contribution is 6.08. The second-order valence-corrected chi connectivity index (χ2v) is 21.1. The molecule has 0 spiro atoms. The van der Waals surface area contributed by atoms with Crippen LogP contribution in [0.1, 0.15) is 124 Å². The first-order chi connectivity index (χ1) is 37.1. The number of ether oxygens (including phenoxy) is 10. The van der Waals surface area contributed by atoms with Crippen molar-refractivity contribution >= 4 is 43.1 Å². The smallest absolute Gasteiger partial charge is 0.164 e. The summed E-state index contributed by atoms with van der Waals surface area (Å²) in [5.41, 5.74) is 11.0. The van der Waals surface area contributed by atoms with Gasteiger partial charge in [-0.15, -0.1) is 0 Å². The van der Waals surface area contributed by atoms with E-state index in [2.05, 4.69) is 93.5 Å². The Bertz CT molecular complexity index is 3370. The molecule has 8 rings (SSSR count). The van der Waals surface area contributed by atoms with Crippen LogP contribution in [-0.4, -0.2) is 81.3 Å². The third-order valence-electron chi connectivity index (χ3n) is 15.2. The minimum absolute atomic E-state index is 0.0881. The molecular weight excluding hydrogens is 985 g/mol. The summed E-state index contributed by atoms with van der Waals surface area (Å²) < 4.78 is 58.4. The number of rotatable bonds is 16. The van der Waals surface area contributed by atoms with Gasteiger partial charge in [-0.05, 0) is 119 Å². The minimum Gasteiger partial charge on any atom is -0.507 e. The van der Waals surface area contributed by atoms with E-state index in [1.807, 2.05) is 26.0 Å². The summed E-state index contributed by atoms with van der Waals surface area (Å²) in [4.78, 5) is 0. The first-order valence-electron chi connectivity index (χ1n) is 26.5. The van der Waals surface area contributed by atoms with Crippen LogP contribution in [0.4, 0.5) is 0 Å². The van der Waals surface area contributed by atoms with Gasteiger partial charge < -0.3 is 57.6 Å². The quantitative estimate of drug-likeness (QED) is 0.0954. The zero-order valence-electron chi connectivity index (χ0n) is 49.9. The Labute approximate surface area is 461 Å². The molecule has 78 heavy (non-hydrogen) atoms. The van der Waals surface area contributed by atoms with Crippen molar-refractivity contribution in [3.05, 3.63) is 93.0 Å². The molecule has 0 unspecified atom stereocenters. The Kier molecular flexibility index (Phi) is 17.2. The molecule has 0 fully saturated rings. The zero-order valence-corrected chi connectivity index (χ0v) is 49.9. The SMILES string of the molecule is COc1cc2c(O)c(-c3c(C)cc4c(C(C)C)c(OC)c(OC)cc4c3O)c(C)cc2c(C(C)C)c1OC.COc1cc2c(OC)c(-c3c(C)cc4c(C(C)C)c(OC)c(OC)cc4c3OC)c(C)cc2c(C(C)C)c1OC. The Hall–Kier alpha value is -7.60. The maximum atomic E-state index is 11.8. The van der Waals surface area contributed by atoms with E-state index in [0.717, 1.165) is 111 Å². The fourth-order valence-electron chi connectivity index (χ4n) is 11.9. The second-order valence-electron chi connectivity index (χ2n) is 21.1. The summed E-state index contributed by atoms with van der Waals surface area (Å²) in [5.74, 6) is 7.64. The lowest BCUT2D eigenvalue weighted by Gasteiger charge is -2.25. The van der Waals surface area contributed by atoms with E-state index in [0.29, 0.717) is 56.4 Å². The first-order valence-corrected chi connectivity index (χ1v) is 26.5. The fraction of sp³-hybridized carbons (Fsp3) is 0.394. The second kappa shape index (κ2) is 23.2. The van der Waals surface area contributed by atoms with Crippen LogP contribution in [0, 0.1) is 27.7 Å². The van der Waals surface area contributed by atoms with Crippen LogP contribution in [0.5, 0.6) is 69.0 Å². The van der Waals surface area contributed by atoms with Gasteiger partial charge in [0.25, 0.3) is 0 Å². The number of benzene rings is 8. The molecule has 0 atom stereocenters. The van der Waals surface area contributed by atoms with Gasteiger partial charge in [0.15, 0.2) is 46.0 Å². The highest BCUT2D eigenvalue weighted by Crippen LogP contribution is 2.56. The number of aryl methyl sites for hydroxylation is 4. The largest absolute Gasteiger partial charge is 0.507 e. The molecule has 0 aliphatic carbocycles. The van der Waals surface area contributed by atoms with Crippen molar-refractivity contribution in [1.29, 1.82) is 0 Å². The topological polar surface area (TPSA) is 133 Å². The third-order valence-corrected chi connectivity index (χ3v) is 15.2. The summed E-state index contributed by atoms with van der Waals surface area (Å²) in [6.07, 6.45) is 0. The number of methoxy groups -OCH3 is 10. The van der Waals surface area contributed by atoms with Gasteiger partial charge in [0, 0.05) is 66.1 Å². The van der Waals surface area contributed by atoms with Gasteiger partial charge in [0.2, 0.25) is 0 Å². The Morgan fingerprint density at radius 1 is 0.256 bits per heavy atom. The molecule has 0 amide bonds. The molecule has 0 aliphatic heterocycles. The molecule has 0 saturated carbocycles. The monoisotopic (exact) mass is 1060 g/mol. The normalized spacial score (nSPS) is 11.5. The fourth-order valence-corrected chi connectivity index (χ4v) is 11.9. The molecule has 0 radical (unpaired) electrons. The van der Waals surface area contributed by atoms with E-state index in [1.54, 1.807) is 83.2 Å². The standard InChI is InChI=1S/C34H42O6.C32H38O6/c1-17(2)27-21-13-19(5)29(31(37-9)23(21)15-25(35-7)33(27)39-11)30-20(6)14-22-24(32(30)38-10)16-26(36-8)34(40-12)28(22)18(3)4;1-15(2)25-19-11-17(5)27(29(33)21(19)13-23(35-7)31(25)37-9)28-18(6)12-20-22(30(28)34)14-24(36-8)32(38-10)26(20)16(3)4/h13-18H,1-12H3;11-16,33-34H,1-10H3. The number of hydrogen-bond donors (Lipinski definition) is 2. The number of phenolic OH excluding ortho intramolecular Hbond substituents is 2. The predicted molar refractivity (Wildman–Crippen MR) is 318 cm³/mol. The van der Waals surface area contributed by atoms with Crippen molar-refractivity contribution in [3.63, 3.8) is 0 Å². The molecule has 416 valence electrons.